The molecule has 0 saturated carbocycles. The van der Waals surface area contributed by atoms with Crippen molar-refractivity contribution in [2.45, 2.75) is 4.71 Å². The number of halogens is 3. The number of hydrogen-bond donors (Lipinski definition) is 1. The highest BCUT2D eigenvalue weighted by Gasteiger charge is 2.29. The average Bonchev–Trinajstić information content (AvgIpc) is 2.39. The van der Waals surface area contributed by atoms with Crippen molar-refractivity contribution in [1.82, 2.24) is 5.32 Å². The van der Waals surface area contributed by atoms with Gasteiger partial charge in [-0.2, -0.15) is 4.39 Å². The molecular weight excluding hydrogens is 302 g/mol. The molecule has 0 radical (unpaired) electrons. The quantitative estimate of drug-likeness (QED) is 0.652. The summed E-state index contributed by atoms with van der Waals surface area (Å²) in [6, 6.07) is 16.8. The molecule has 0 atom stereocenters. The Morgan fingerprint density at radius 1 is 0.950 bits per heavy atom. The maximum absolute atomic E-state index is 13.2. The SMILES string of the molecule is O=C(NC(F)(Cl)Cl)N(c1ccccc1)c1ccccc1. The van der Waals surface area contributed by atoms with E-state index in [0.29, 0.717) is 11.4 Å². The first kappa shape index (κ1) is 14.6. The zero-order chi connectivity index (χ0) is 14.6. The second kappa shape index (κ2) is 6.11. The van der Waals surface area contributed by atoms with E-state index < -0.39 is 10.7 Å². The van der Waals surface area contributed by atoms with Crippen LogP contribution in [0.15, 0.2) is 60.7 Å². The molecule has 0 bridgehead atoms. The largest absolute Gasteiger partial charge is 0.338 e. The number of urea groups is 1. The molecular formula is C14H11Cl2FN2O. The van der Waals surface area contributed by atoms with Crippen LogP contribution in [-0.2, 0) is 0 Å². The van der Waals surface area contributed by atoms with E-state index in [1.165, 1.54) is 4.90 Å². The number of para-hydroxylation sites is 2. The predicted octanol–water partition coefficient (Wildman–Crippen LogP) is 4.59. The van der Waals surface area contributed by atoms with Crippen molar-refractivity contribution in [3.05, 3.63) is 60.7 Å². The number of rotatable bonds is 3. The number of benzene rings is 2. The molecule has 0 fully saturated rings. The molecule has 6 heteroatoms. The van der Waals surface area contributed by atoms with E-state index in [1.54, 1.807) is 48.5 Å². The van der Waals surface area contributed by atoms with E-state index in [4.69, 9.17) is 23.2 Å². The highest BCUT2D eigenvalue weighted by Crippen LogP contribution is 2.27. The molecule has 0 unspecified atom stereocenters. The number of nitrogens with zero attached hydrogens (tertiary/aromatic N) is 1. The van der Waals surface area contributed by atoms with E-state index in [0.717, 1.165) is 0 Å². The van der Waals surface area contributed by atoms with Crippen molar-refractivity contribution in [1.29, 1.82) is 0 Å². The Morgan fingerprint density at radius 2 is 1.35 bits per heavy atom. The molecule has 0 aliphatic rings. The van der Waals surface area contributed by atoms with Gasteiger partial charge >= 0.3 is 10.7 Å². The van der Waals surface area contributed by atoms with E-state index in [-0.39, 0.29) is 0 Å². The molecule has 3 nitrogen and oxygen atoms in total. The van der Waals surface area contributed by atoms with Crippen LogP contribution in [-0.4, -0.2) is 10.7 Å². The number of nitrogens with one attached hydrogen (secondary N) is 1. The summed E-state index contributed by atoms with van der Waals surface area (Å²) in [6.45, 7) is 0. The number of carbonyl (C=O) groups is 1. The van der Waals surface area contributed by atoms with Crippen molar-refractivity contribution < 1.29 is 9.18 Å². The third kappa shape index (κ3) is 3.85. The molecule has 0 aliphatic heterocycles. The van der Waals surface area contributed by atoms with Crippen LogP contribution in [0.2, 0.25) is 0 Å². The summed E-state index contributed by atoms with van der Waals surface area (Å²) in [6.07, 6.45) is 0. The molecule has 2 aromatic rings. The third-order valence-corrected chi connectivity index (χ3v) is 2.67. The Balaban J connectivity index is 2.38. The fourth-order valence-electron chi connectivity index (χ4n) is 1.71. The lowest BCUT2D eigenvalue weighted by atomic mass is 10.2. The van der Waals surface area contributed by atoms with Gasteiger partial charge in [0.05, 0.1) is 11.4 Å². The Labute approximate surface area is 125 Å². The monoisotopic (exact) mass is 312 g/mol. The van der Waals surface area contributed by atoms with Gasteiger partial charge in [0.15, 0.2) is 0 Å². The molecule has 0 heterocycles. The molecule has 2 aromatic carbocycles. The molecule has 20 heavy (non-hydrogen) atoms. The van der Waals surface area contributed by atoms with Crippen LogP contribution in [0, 0.1) is 0 Å². The van der Waals surface area contributed by atoms with Gasteiger partial charge in [-0.05, 0) is 47.5 Å². The van der Waals surface area contributed by atoms with Crippen LogP contribution in [0.25, 0.3) is 0 Å². The van der Waals surface area contributed by atoms with Gasteiger partial charge in [-0.15, -0.1) is 0 Å². The van der Waals surface area contributed by atoms with Crippen LogP contribution in [0.1, 0.15) is 0 Å². The fraction of sp³-hybridized carbons (Fsp3) is 0.0714. The second-order valence-corrected chi connectivity index (χ2v) is 5.17. The summed E-state index contributed by atoms with van der Waals surface area (Å²) in [5, 5.41) is 1.87. The van der Waals surface area contributed by atoms with Gasteiger partial charge in [-0.1, -0.05) is 36.4 Å². The molecule has 0 aromatic heterocycles. The van der Waals surface area contributed by atoms with Crippen LogP contribution in [0.5, 0.6) is 0 Å². The zero-order valence-electron chi connectivity index (χ0n) is 10.3. The molecule has 2 amide bonds. The van der Waals surface area contributed by atoms with Crippen molar-refractivity contribution in [2.75, 3.05) is 4.90 Å². The molecule has 0 spiro atoms. The lowest BCUT2D eigenvalue weighted by molar-refractivity contribution is 0.234. The first-order valence-corrected chi connectivity index (χ1v) is 6.52. The molecule has 0 aliphatic carbocycles. The third-order valence-electron chi connectivity index (χ3n) is 2.48. The number of alkyl halides is 3. The molecule has 0 saturated heterocycles. The van der Waals surface area contributed by atoms with Gasteiger partial charge in [-0.3, -0.25) is 10.2 Å². The molecule has 104 valence electrons. The van der Waals surface area contributed by atoms with Gasteiger partial charge in [0.25, 0.3) is 0 Å². The molecule has 1 N–H and O–H groups in total. The Kier molecular flexibility index (Phi) is 4.47. The maximum atomic E-state index is 13.2. The Morgan fingerprint density at radius 3 is 1.70 bits per heavy atom. The predicted molar refractivity (Wildman–Crippen MR) is 79.1 cm³/mol. The van der Waals surface area contributed by atoms with Gasteiger partial charge in [-0.25, -0.2) is 4.79 Å². The summed E-state index contributed by atoms with van der Waals surface area (Å²) in [4.78, 5) is 13.4. The topological polar surface area (TPSA) is 32.3 Å². The van der Waals surface area contributed by atoms with Crippen LogP contribution >= 0.6 is 23.2 Å². The smallest absolute Gasteiger partial charge is 0.279 e. The highest BCUT2D eigenvalue weighted by atomic mass is 35.5. The van der Waals surface area contributed by atoms with Crippen molar-refractivity contribution in [2.24, 2.45) is 0 Å². The van der Waals surface area contributed by atoms with E-state index in [2.05, 4.69) is 0 Å². The van der Waals surface area contributed by atoms with Gasteiger partial charge < -0.3 is 0 Å². The summed E-state index contributed by atoms with van der Waals surface area (Å²) < 4.78 is 10.4. The number of amides is 2. The Hall–Kier alpha value is -1.78. The van der Waals surface area contributed by atoms with Gasteiger partial charge in [0.1, 0.15) is 0 Å². The second-order valence-electron chi connectivity index (χ2n) is 3.93. The number of carbonyl (C=O) groups excluding carboxylic acids is 1. The van der Waals surface area contributed by atoms with Gasteiger partial charge in [0.2, 0.25) is 0 Å². The normalized spacial score (nSPS) is 10.9. The van der Waals surface area contributed by atoms with E-state index in [9.17, 15) is 9.18 Å². The van der Waals surface area contributed by atoms with E-state index in [1.807, 2.05) is 17.4 Å². The highest BCUT2D eigenvalue weighted by molar-refractivity contribution is 6.47. The zero-order valence-corrected chi connectivity index (χ0v) is 11.8. The Bertz CT molecular complexity index is 533. The van der Waals surface area contributed by atoms with Gasteiger partial charge in [0, 0.05) is 0 Å². The first-order chi connectivity index (χ1) is 9.47. The fourth-order valence-corrected chi connectivity index (χ4v) is 1.88. The lowest BCUT2D eigenvalue weighted by Crippen LogP contribution is -2.43. The summed E-state index contributed by atoms with van der Waals surface area (Å²) in [5.41, 5.74) is 1.13. The number of anilines is 2. The van der Waals surface area contributed by atoms with Crippen LogP contribution in [0.3, 0.4) is 0 Å². The van der Waals surface area contributed by atoms with Crippen LogP contribution < -0.4 is 10.2 Å². The summed E-state index contributed by atoms with van der Waals surface area (Å²) >= 11 is 10.4. The van der Waals surface area contributed by atoms with Crippen molar-refractivity contribution >= 4 is 40.6 Å². The van der Waals surface area contributed by atoms with Crippen LogP contribution in [0.4, 0.5) is 20.6 Å². The summed E-state index contributed by atoms with van der Waals surface area (Å²) in [7, 11) is 0. The lowest BCUT2D eigenvalue weighted by Gasteiger charge is -2.25. The molecule has 2 rings (SSSR count). The van der Waals surface area contributed by atoms with Crippen molar-refractivity contribution in [3.8, 4) is 0 Å². The number of hydrogen-bond acceptors (Lipinski definition) is 1. The summed E-state index contributed by atoms with van der Waals surface area (Å²) in [5.74, 6) is 0. The minimum absolute atomic E-state index is 0.564. The minimum Gasteiger partial charge on any atom is -0.279 e. The van der Waals surface area contributed by atoms with Crippen molar-refractivity contribution in [3.63, 3.8) is 0 Å². The van der Waals surface area contributed by atoms with E-state index >= 15 is 0 Å². The minimum atomic E-state index is -2.83. The first-order valence-electron chi connectivity index (χ1n) is 5.76. The standard InChI is InChI=1S/C14H11Cl2FN2O/c15-14(16,17)18-13(20)19(11-7-3-1-4-8-11)12-9-5-2-6-10-12/h1-10H,(H,18,20). The average molecular weight is 313 g/mol. The maximum Gasteiger partial charge on any atom is 0.338 e.